The number of hydrogen-bond donors (Lipinski definition) is 0. The zero-order valence-corrected chi connectivity index (χ0v) is 32.9. The normalized spacial score (nSPS) is 15.7. The van der Waals surface area contributed by atoms with Gasteiger partial charge in [0.05, 0.1) is 0 Å². The minimum atomic E-state index is -2.63. The summed E-state index contributed by atoms with van der Waals surface area (Å²) < 4.78 is -23.2. The Morgan fingerprint density at radius 3 is 0.868 bits per heavy atom. The fourth-order valence-electron chi connectivity index (χ4n) is 2.74. The maximum absolute atomic E-state index is 6.63. The van der Waals surface area contributed by atoms with E-state index in [0.717, 1.165) is 12.1 Å². The Labute approximate surface area is 324 Å². The van der Waals surface area contributed by atoms with Gasteiger partial charge in [0.1, 0.15) is 0 Å². The maximum atomic E-state index is 6.63. The van der Waals surface area contributed by atoms with Crippen LogP contribution in [0.3, 0.4) is 0 Å². The molecule has 1 aromatic rings. The van der Waals surface area contributed by atoms with E-state index in [-0.39, 0.29) is 28.7 Å². The van der Waals surface area contributed by atoms with E-state index in [2.05, 4.69) is 6.92 Å². The molecular weight excluding hydrogens is 949 g/mol. The summed E-state index contributed by atoms with van der Waals surface area (Å²) in [4.78, 5) is 0. The molecule has 221 valence electrons. The third kappa shape index (κ3) is 7.39. The summed E-state index contributed by atoms with van der Waals surface area (Å²) in [6, 6.07) is 2.17. The highest BCUT2D eigenvalue weighted by Gasteiger charge is 2.66. The van der Waals surface area contributed by atoms with Crippen molar-refractivity contribution in [1.29, 1.82) is 0 Å². The lowest BCUT2D eigenvalue weighted by molar-refractivity contribution is 0.656. The lowest BCUT2D eigenvalue weighted by atomic mass is 9.88. The molecule has 1 aromatic carbocycles. The van der Waals surface area contributed by atoms with Crippen molar-refractivity contribution >= 4 is 244 Å². The average molecular weight is 955 g/mol. The molecule has 38 heavy (non-hydrogen) atoms. The molecule has 0 atom stereocenters. The van der Waals surface area contributed by atoms with E-state index in [1.54, 1.807) is 0 Å². The van der Waals surface area contributed by atoms with Gasteiger partial charge in [0.2, 0.25) is 24.4 Å². The largest absolute Gasteiger partial charge is 0.226 e. The van der Waals surface area contributed by atoms with Crippen molar-refractivity contribution in [2.75, 3.05) is 0 Å². The Morgan fingerprint density at radius 2 is 0.658 bits per heavy atom. The second kappa shape index (κ2) is 13.1. The van der Waals surface area contributed by atoms with E-state index in [9.17, 15) is 0 Å². The molecular formula is C17H6Cl21. The molecule has 0 fully saturated rings. The van der Waals surface area contributed by atoms with Crippen molar-refractivity contribution in [3.63, 3.8) is 0 Å². The summed E-state index contributed by atoms with van der Waals surface area (Å²) in [5, 5.41) is 0. The van der Waals surface area contributed by atoms with Crippen LogP contribution >= 0.6 is 244 Å². The number of alkyl halides is 21. The summed E-state index contributed by atoms with van der Waals surface area (Å²) in [7, 11) is 0. The van der Waals surface area contributed by atoms with Gasteiger partial charge in [0.15, 0.2) is 13.0 Å². The number of benzene rings is 1. The fraction of sp³-hybridized carbons (Fsp3) is 0.588. The van der Waals surface area contributed by atoms with Gasteiger partial charge in [-0.1, -0.05) is 244 Å². The standard InChI is InChI=1S/C17H6Cl21/c1-2-6-7(10(20,21)13(26,27)16(33,34)35)3-5(9(18,19)12(24,25)15(30,31)32)4-8(6)11(22,23)14(28,29)17(36,37)38/h3-4H,1-2H2. The minimum absolute atomic E-state index is 0.0589. The molecule has 0 aromatic heterocycles. The van der Waals surface area contributed by atoms with Crippen LogP contribution in [0.4, 0.5) is 0 Å². The van der Waals surface area contributed by atoms with Crippen LogP contribution in [0.2, 0.25) is 0 Å². The highest BCUT2D eigenvalue weighted by atomic mass is 35.6. The summed E-state index contributed by atoms with van der Waals surface area (Å²) in [6.45, 7) is 3.79. The first-order chi connectivity index (χ1) is 16.3. The molecule has 0 aliphatic carbocycles. The molecule has 0 nitrogen and oxygen atoms in total. The monoisotopic (exact) mass is 944 g/mol. The van der Waals surface area contributed by atoms with Gasteiger partial charge in [-0.05, 0) is 47.7 Å². The quantitative estimate of drug-likeness (QED) is 0.239. The summed E-state index contributed by atoms with van der Waals surface area (Å²) >= 11 is 131. The van der Waals surface area contributed by atoms with E-state index in [4.69, 9.17) is 244 Å². The lowest BCUT2D eigenvalue weighted by Gasteiger charge is -2.44. The predicted molar refractivity (Wildman–Crippen MR) is 180 cm³/mol. The van der Waals surface area contributed by atoms with Crippen LogP contribution in [-0.4, -0.2) is 24.4 Å². The minimum Gasteiger partial charge on any atom is -0.0930 e. The first kappa shape index (κ1) is 41.3. The first-order valence-electron chi connectivity index (χ1n) is 8.73. The van der Waals surface area contributed by atoms with E-state index in [1.807, 2.05) is 0 Å². The molecule has 0 aliphatic heterocycles. The van der Waals surface area contributed by atoms with Crippen molar-refractivity contribution in [3.05, 3.63) is 41.3 Å². The molecule has 1 radical (unpaired) electrons. The SMILES string of the molecule is [CH2]Cc1c(C(Cl)(Cl)C(Cl)(Cl)C(Cl)(Cl)Cl)cc(C(Cl)(Cl)C(Cl)(Cl)C(Cl)(Cl)Cl)cc1C(Cl)(Cl)C(Cl)(Cl)C(Cl)(Cl)Cl. The molecule has 0 heterocycles. The van der Waals surface area contributed by atoms with Gasteiger partial charge in [-0.3, -0.25) is 0 Å². The highest BCUT2D eigenvalue weighted by molar-refractivity contribution is 6.80. The van der Waals surface area contributed by atoms with Crippen molar-refractivity contribution in [1.82, 2.24) is 0 Å². The van der Waals surface area contributed by atoms with Gasteiger partial charge in [-0.25, -0.2) is 0 Å². The topological polar surface area (TPSA) is 0 Å². The van der Waals surface area contributed by atoms with Gasteiger partial charge in [0, 0.05) is 0 Å². The Kier molecular flexibility index (Phi) is 14.2. The Balaban J connectivity index is 4.45. The highest BCUT2D eigenvalue weighted by Crippen LogP contribution is 2.66. The van der Waals surface area contributed by atoms with Crippen molar-refractivity contribution in [3.8, 4) is 0 Å². The summed E-state index contributed by atoms with van der Waals surface area (Å²) in [6.07, 6.45) is -0.254. The van der Waals surface area contributed by atoms with Crippen LogP contribution in [0.15, 0.2) is 12.1 Å². The fourth-order valence-corrected chi connectivity index (χ4v) is 7.25. The van der Waals surface area contributed by atoms with E-state index in [1.165, 1.54) is 0 Å². The van der Waals surface area contributed by atoms with Crippen LogP contribution in [0.5, 0.6) is 0 Å². The van der Waals surface area contributed by atoms with Gasteiger partial charge in [-0.15, -0.1) is 0 Å². The Hall–Kier alpha value is 5.31. The predicted octanol–water partition coefficient (Wildman–Crippen LogP) is 14.6. The second-order valence-corrected chi connectivity index (χ2v) is 22.0. The lowest BCUT2D eigenvalue weighted by Crippen LogP contribution is -2.48. The van der Waals surface area contributed by atoms with Gasteiger partial charge < -0.3 is 0 Å². The zero-order valence-electron chi connectivity index (χ0n) is 17.0. The molecule has 0 amide bonds. The number of rotatable bonds is 7. The van der Waals surface area contributed by atoms with Crippen LogP contribution in [-0.2, 0) is 19.4 Å². The summed E-state index contributed by atoms with van der Waals surface area (Å²) in [5.41, 5.74) is -1.05. The van der Waals surface area contributed by atoms with Crippen molar-refractivity contribution in [2.24, 2.45) is 0 Å². The Morgan fingerprint density at radius 1 is 0.421 bits per heavy atom. The molecule has 0 spiro atoms. The van der Waals surface area contributed by atoms with Crippen molar-refractivity contribution in [2.45, 2.75) is 43.8 Å². The first-order valence-corrected chi connectivity index (χ1v) is 16.7. The number of halogens is 21. The average Bonchev–Trinajstić information content (AvgIpc) is 2.69. The Bertz CT molecular complexity index is 961. The molecule has 0 unspecified atom stereocenters. The van der Waals surface area contributed by atoms with Gasteiger partial charge in [-0.2, -0.15) is 0 Å². The van der Waals surface area contributed by atoms with Crippen LogP contribution in [0.25, 0.3) is 0 Å². The third-order valence-corrected chi connectivity index (χ3v) is 16.6. The molecule has 0 aliphatic rings. The van der Waals surface area contributed by atoms with Crippen LogP contribution in [0, 0.1) is 6.92 Å². The summed E-state index contributed by atoms with van der Waals surface area (Å²) in [5.74, 6) is 0. The molecule has 0 saturated heterocycles. The van der Waals surface area contributed by atoms with Gasteiger partial charge in [0.25, 0.3) is 0 Å². The van der Waals surface area contributed by atoms with Gasteiger partial charge >= 0.3 is 0 Å². The van der Waals surface area contributed by atoms with Crippen LogP contribution < -0.4 is 0 Å². The molecule has 1 rings (SSSR count). The van der Waals surface area contributed by atoms with E-state index >= 15 is 0 Å². The molecule has 21 heteroatoms. The van der Waals surface area contributed by atoms with Crippen LogP contribution in [0.1, 0.15) is 22.3 Å². The zero-order chi connectivity index (χ0) is 30.9. The number of hydrogen-bond acceptors (Lipinski definition) is 0. The maximum Gasteiger partial charge on any atom is 0.226 e. The molecule has 0 bridgehead atoms. The molecule has 0 saturated carbocycles. The smallest absolute Gasteiger partial charge is 0.0930 e. The van der Waals surface area contributed by atoms with E-state index < -0.39 is 37.4 Å². The second-order valence-electron chi connectivity index (χ2n) is 7.24. The third-order valence-electron chi connectivity index (χ3n) is 4.79. The van der Waals surface area contributed by atoms with E-state index in [0.29, 0.717) is 0 Å². The molecule has 0 N–H and O–H groups in total. The van der Waals surface area contributed by atoms with Crippen molar-refractivity contribution < 1.29 is 0 Å².